The highest BCUT2D eigenvalue weighted by Crippen LogP contribution is 2.21. The maximum atomic E-state index is 13.5. The molecule has 1 aromatic rings. The quantitative estimate of drug-likeness (QED) is 0.617. The lowest BCUT2D eigenvalue weighted by molar-refractivity contribution is 0.192. The molecule has 0 heterocycles. The Bertz CT molecular complexity index is 361. The van der Waals surface area contributed by atoms with Gasteiger partial charge in [-0.15, -0.1) is 0 Å². The summed E-state index contributed by atoms with van der Waals surface area (Å²) in [5, 5.41) is 3.01. The van der Waals surface area contributed by atoms with Gasteiger partial charge in [0.25, 0.3) is 0 Å². The monoisotopic (exact) mass is 307 g/mol. The van der Waals surface area contributed by atoms with Gasteiger partial charge in [-0.1, -0.05) is 0 Å². The second kappa shape index (κ2) is 7.74. The van der Waals surface area contributed by atoms with Crippen molar-refractivity contribution < 1.29 is 13.5 Å². The van der Waals surface area contributed by atoms with Crippen LogP contribution in [-0.2, 0) is 11.3 Å². The zero-order valence-electron chi connectivity index (χ0n) is 9.73. The van der Waals surface area contributed by atoms with Crippen molar-refractivity contribution in [3.63, 3.8) is 0 Å². The Morgan fingerprint density at radius 3 is 2.76 bits per heavy atom. The van der Waals surface area contributed by atoms with Gasteiger partial charge in [0.15, 0.2) is 0 Å². The molecule has 0 aliphatic carbocycles. The standard InChI is InChI=1S/C12H16BrF2NO/c1-17-7-3-2-6-16-8-9-11(14)5-4-10(13)12(9)15/h4-5,16H,2-3,6-8H2,1H3. The third-order valence-electron chi connectivity index (χ3n) is 2.39. The van der Waals surface area contributed by atoms with Crippen LogP contribution in [0, 0.1) is 11.6 Å². The van der Waals surface area contributed by atoms with Gasteiger partial charge < -0.3 is 10.1 Å². The molecule has 96 valence electrons. The van der Waals surface area contributed by atoms with E-state index in [1.54, 1.807) is 7.11 Å². The summed E-state index contributed by atoms with van der Waals surface area (Å²) in [4.78, 5) is 0. The zero-order valence-corrected chi connectivity index (χ0v) is 11.3. The average Bonchev–Trinajstić information content (AvgIpc) is 2.32. The second-order valence-corrected chi connectivity index (χ2v) is 4.55. The number of halogens is 3. The number of hydrogen-bond acceptors (Lipinski definition) is 2. The first-order valence-corrected chi connectivity index (χ1v) is 6.28. The minimum Gasteiger partial charge on any atom is -0.385 e. The summed E-state index contributed by atoms with van der Waals surface area (Å²) in [6.07, 6.45) is 1.86. The number of hydrogen-bond donors (Lipinski definition) is 1. The molecule has 0 amide bonds. The van der Waals surface area contributed by atoms with Gasteiger partial charge in [0.1, 0.15) is 11.6 Å². The van der Waals surface area contributed by atoms with E-state index in [2.05, 4.69) is 21.2 Å². The van der Waals surface area contributed by atoms with Crippen LogP contribution in [0.5, 0.6) is 0 Å². The predicted octanol–water partition coefficient (Wildman–Crippen LogP) is 3.24. The maximum absolute atomic E-state index is 13.5. The molecule has 0 aliphatic rings. The van der Waals surface area contributed by atoms with E-state index in [9.17, 15) is 8.78 Å². The van der Waals surface area contributed by atoms with Gasteiger partial charge in [-0.2, -0.15) is 0 Å². The molecule has 2 nitrogen and oxygen atoms in total. The highest BCUT2D eigenvalue weighted by atomic mass is 79.9. The number of ether oxygens (including phenoxy) is 1. The number of rotatable bonds is 7. The summed E-state index contributed by atoms with van der Waals surface area (Å²) in [6, 6.07) is 2.63. The lowest BCUT2D eigenvalue weighted by Gasteiger charge is -2.08. The molecule has 0 radical (unpaired) electrons. The molecular weight excluding hydrogens is 292 g/mol. The molecule has 1 rings (SSSR count). The SMILES string of the molecule is COCCCCNCc1c(F)ccc(Br)c1F. The fourth-order valence-electron chi connectivity index (χ4n) is 1.44. The Morgan fingerprint density at radius 2 is 2.06 bits per heavy atom. The Balaban J connectivity index is 2.39. The normalized spacial score (nSPS) is 10.8. The van der Waals surface area contributed by atoms with Crippen LogP contribution in [0.3, 0.4) is 0 Å². The third-order valence-corrected chi connectivity index (χ3v) is 3.01. The lowest BCUT2D eigenvalue weighted by atomic mass is 10.2. The zero-order chi connectivity index (χ0) is 12.7. The van der Waals surface area contributed by atoms with Crippen LogP contribution in [0.4, 0.5) is 8.78 Å². The highest BCUT2D eigenvalue weighted by Gasteiger charge is 2.11. The topological polar surface area (TPSA) is 21.3 Å². The molecule has 5 heteroatoms. The molecule has 0 saturated carbocycles. The Morgan fingerprint density at radius 1 is 1.29 bits per heavy atom. The van der Waals surface area contributed by atoms with Crippen LogP contribution in [0.25, 0.3) is 0 Å². The van der Waals surface area contributed by atoms with Gasteiger partial charge in [0.2, 0.25) is 0 Å². The minimum atomic E-state index is -0.533. The molecule has 17 heavy (non-hydrogen) atoms. The molecule has 0 spiro atoms. The van der Waals surface area contributed by atoms with Crippen LogP contribution in [0.1, 0.15) is 18.4 Å². The van der Waals surface area contributed by atoms with Gasteiger partial charge in [-0.3, -0.25) is 0 Å². The van der Waals surface area contributed by atoms with Crippen molar-refractivity contribution in [3.05, 3.63) is 33.8 Å². The van der Waals surface area contributed by atoms with Crippen molar-refractivity contribution in [1.82, 2.24) is 5.32 Å². The van der Waals surface area contributed by atoms with E-state index in [0.29, 0.717) is 6.61 Å². The Kier molecular flexibility index (Phi) is 6.62. The number of benzene rings is 1. The van der Waals surface area contributed by atoms with Crippen LogP contribution in [0.15, 0.2) is 16.6 Å². The summed E-state index contributed by atoms with van der Waals surface area (Å²) in [6.45, 7) is 1.63. The van der Waals surface area contributed by atoms with Gasteiger partial charge in [-0.05, 0) is 47.4 Å². The smallest absolute Gasteiger partial charge is 0.144 e. The van der Waals surface area contributed by atoms with E-state index < -0.39 is 11.6 Å². The number of nitrogens with one attached hydrogen (secondary N) is 1. The van der Waals surface area contributed by atoms with Crippen molar-refractivity contribution in [2.45, 2.75) is 19.4 Å². The first kappa shape index (κ1) is 14.5. The first-order chi connectivity index (χ1) is 8.16. The molecule has 0 aliphatic heterocycles. The molecular formula is C12H16BrF2NO. The molecule has 1 aromatic carbocycles. The van der Waals surface area contributed by atoms with E-state index in [0.717, 1.165) is 19.4 Å². The third kappa shape index (κ3) is 4.69. The van der Waals surface area contributed by atoms with Crippen LogP contribution < -0.4 is 5.32 Å². The number of unbranched alkanes of at least 4 members (excludes halogenated alkanes) is 1. The van der Waals surface area contributed by atoms with Crippen molar-refractivity contribution in [2.75, 3.05) is 20.3 Å². The van der Waals surface area contributed by atoms with Gasteiger partial charge in [-0.25, -0.2) is 8.78 Å². The summed E-state index contributed by atoms with van der Waals surface area (Å²) in [5.41, 5.74) is 0.0751. The molecule has 0 unspecified atom stereocenters. The first-order valence-electron chi connectivity index (χ1n) is 5.49. The van der Waals surface area contributed by atoms with E-state index in [1.165, 1.54) is 12.1 Å². The second-order valence-electron chi connectivity index (χ2n) is 3.70. The highest BCUT2D eigenvalue weighted by molar-refractivity contribution is 9.10. The van der Waals surface area contributed by atoms with Gasteiger partial charge in [0.05, 0.1) is 4.47 Å². The van der Waals surface area contributed by atoms with E-state index in [1.807, 2.05) is 0 Å². The fourth-order valence-corrected chi connectivity index (χ4v) is 1.81. The molecule has 0 bridgehead atoms. The van der Waals surface area contributed by atoms with Gasteiger partial charge in [0, 0.05) is 25.8 Å². The molecule has 0 atom stereocenters. The average molecular weight is 308 g/mol. The fraction of sp³-hybridized carbons (Fsp3) is 0.500. The molecule has 0 aromatic heterocycles. The largest absolute Gasteiger partial charge is 0.385 e. The lowest BCUT2D eigenvalue weighted by Crippen LogP contribution is -2.17. The van der Waals surface area contributed by atoms with Crippen LogP contribution in [0.2, 0.25) is 0 Å². The maximum Gasteiger partial charge on any atom is 0.144 e. The van der Waals surface area contributed by atoms with Crippen molar-refractivity contribution in [1.29, 1.82) is 0 Å². The van der Waals surface area contributed by atoms with E-state index >= 15 is 0 Å². The molecule has 0 saturated heterocycles. The Labute approximate surface area is 108 Å². The Hall–Kier alpha value is -0.520. The van der Waals surface area contributed by atoms with Crippen LogP contribution in [-0.4, -0.2) is 20.3 Å². The van der Waals surface area contributed by atoms with Gasteiger partial charge >= 0.3 is 0 Å². The molecule has 0 fully saturated rings. The van der Waals surface area contributed by atoms with Crippen molar-refractivity contribution in [2.24, 2.45) is 0 Å². The summed E-state index contributed by atoms with van der Waals surface area (Å²) >= 11 is 3.04. The summed E-state index contributed by atoms with van der Waals surface area (Å²) < 4.78 is 32.1. The van der Waals surface area contributed by atoms with Crippen molar-refractivity contribution >= 4 is 15.9 Å². The van der Waals surface area contributed by atoms with E-state index in [-0.39, 0.29) is 16.6 Å². The predicted molar refractivity (Wildman–Crippen MR) is 66.9 cm³/mol. The summed E-state index contributed by atoms with van der Waals surface area (Å²) in [7, 11) is 1.65. The van der Waals surface area contributed by atoms with E-state index in [4.69, 9.17) is 4.74 Å². The minimum absolute atomic E-state index is 0.0751. The molecule has 1 N–H and O–H groups in total. The van der Waals surface area contributed by atoms with Crippen molar-refractivity contribution in [3.8, 4) is 0 Å². The van der Waals surface area contributed by atoms with Crippen LogP contribution >= 0.6 is 15.9 Å². The summed E-state index contributed by atoms with van der Waals surface area (Å²) in [5.74, 6) is -1.05. The number of methoxy groups -OCH3 is 1.